The SMILES string of the molecule is COC(=O)[C@]1(C)CCC[C@@]2(C)C3CC[C@@H]4C[C@@]3(CCC21)CC4=O. The van der Waals surface area contributed by atoms with Gasteiger partial charge in [-0.15, -0.1) is 0 Å². The van der Waals surface area contributed by atoms with Crippen molar-refractivity contribution in [1.29, 1.82) is 0 Å². The van der Waals surface area contributed by atoms with Crippen LogP contribution in [-0.2, 0) is 14.3 Å². The summed E-state index contributed by atoms with van der Waals surface area (Å²) in [4.78, 5) is 25.0. The maximum atomic E-state index is 12.6. The molecule has 0 aliphatic heterocycles. The molecule has 6 atom stereocenters. The summed E-state index contributed by atoms with van der Waals surface area (Å²) in [6, 6.07) is 0. The van der Waals surface area contributed by atoms with Gasteiger partial charge in [0.25, 0.3) is 0 Å². The number of methoxy groups -OCH3 is 1. The Labute approximate surface area is 139 Å². The highest BCUT2D eigenvalue weighted by Gasteiger charge is 2.66. The topological polar surface area (TPSA) is 43.4 Å². The second kappa shape index (κ2) is 4.83. The van der Waals surface area contributed by atoms with Gasteiger partial charge in [0, 0.05) is 12.3 Å². The summed E-state index contributed by atoms with van der Waals surface area (Å²) in [7, 11) is 1.53. The highest BCUT2D eigenvalue weighted by molar-refractivity contribution is 5.84. The highest BCUT2D eigenvalue weighted by Crippen LogP contribution is 2.70. The molecule has 3 heteroatoms. The monoisotopic (exact) mass is 318 g/mol. The van der Waals surface area contributed by atoms with E-state index in [-0.39, 0.29) is 22.2 Å². The van der Waals surface area contributed by atoms with Gasteiger partial charge < -0.3 is 4.74 Å². The van der Waals surface area contributed by atoms with Crippen molar-refractivity contribution in [3.63, 3.8) is 0 Å². The summed E-state index contributed by atoms with van der Waals surface area (Å²) >= 11 is 0. The van der Waals surface area contributed by atoms with Crippen LogP contribution in [0.5, 0.6) is 0 Å². The van der Waals surface area contributed by atoms with E-state index in [4.69, 9.17) is 4.74 Å². The Balaban J connectivity index is 1.73. The van der Waals surface area contributed by atoms with Crippen LogP contribution in [-0.4, -0.2) is 18.9 Å². The van der Waals surface area contributed by atoms with Crippen LogP contribution in [0.25, 0.3) is 0 Å². The van der Waals surface area contributed by atoms with Crippen molar-refractivity contribution < 1.29 is 14.3 Å². The van der Waals surface area contributed by atoms with Crippen molar-refractivity contribution in [3.05, 3.63) is 0 Å². The number of ketones is 1. The lowest BCUT2D eigenvalue weighted by atomic mass is 9.41. The van der Waals surface area contributed by atoms with Gasteiger partial charge in [-0.2, -0.15) is 0 Å². The molecule has 128 valence electrons. The lowest BCUT2D eigenvalue weighted by Gasteiger charge is -2.63. The van der Waals surface area contributed by atoms with Crippen molar-refractivity contribution in [2.75, 3.05) is 7.11 Å². The number of esters is 1. The first-order valence-corrected chi connectivity index (χ1v) is 9.47. The average molecular weight is 318 g/mol. The van der Waals surface area contributed by atoms with E-state index in [1.54, 1.807) is 0 Å². The fourth-order valence-corrected chi connectivity index (χ4v) is 7.65. The van der Waals surface area contributed by atoms with Crippen molar-refractivity contribution >= 4 is 11.8 Å². The molecule has 0 radical (unpaired) electrons. The molecule has 23 heavy (non-hydrogen) atoms. The largest absolute Gasteiger partial charge is 0.469 e. The molecule has 2 unspecified atom stereocenters. The third kappa shape index (κ3) is 1.88. The molecule has 0 N–H and O–H groups in total. The number of hydrogen-bond acceptors (Lipinski definition) is 3. The molecule has 0 aromatic carbocycles. The third-order valence-electron chi connectivity index (χ3n) is 8.53. The number of rotatable bonds is 1. The normalized spacial score (nSPS) is 51.8. The van der Waals surface area contributed by atoms with Gasteiger partial charge in [0.1, 0.15) is 5.78 Å². The Hall–Kier alpha value is -0.860. The zero-order valence-corrected chi connectivity index (χ0v) is 14.8. The van der Waals surface area contributed by atoms with E-state index in [0.717, 1.165) is 44.9 Å². The van der Waals surface area contributed by atoms with E-state index in [9.17, 15) is 9.59 Å². The van der Waals surface area contributed by atoms with Gasteiger partial charge in [-0.1, -0.05) is 13.3 Å². The van der Waals surface area contributed by atoms with E-state index in [2.05, 4.69) is 13.8 Å². The van der Waals surface area contributed by atoms with Gasteiger partial charge in [-0.25, -0.2) is 0 Å². The van der Waals surface area contributed by atoms with Crippen LogP contribution in [0.1, 0.15) is 71.6 Å². The van der Waals surface area contributed by atoms with Crippen LogP contribution in [0, 0.1) is 34.0 Å². The minimum absolute atomic E-state index is 0.0134. The predicted octanol–water partition coefficient (Wildman–Crippen LogP) is 4.14. The predicted molar refractivity (Wildman–Crippen MR) is 87.7 cm³/mol. The quantitative estimate of drug-likeness (QED) is 0.682. The number of carbonyl (C=O) groups is 2. The maximum absolute atomic E-state index is 12.6. The lowest BCUT2D eigenvalue weighted by molar-refractivity contribution is -0.183. The van der Waals surface area contributed by atoms with E-state index < -0.39 is 0 Å². The zero-order chi connectivity index (χ0) is 16.5. The fourth-order valence-electron chi connectivity index (χ4n) is 7.65. The van der Waals surface area contributed by atoms with E-state index in [0.29, 0.717) is 23.5 Å². The number of fused-ring (bicyclic) bond motifs is 3. The smallest absolute Gasteiger partial charge is 0.311 e. The molecule has 4 aliphatic carbocycles. The summed E-state index contributed by atoms with van der Waals surface area (Å²) in [6.45, 7) is 4.58. The first-order chi connectivity index (χ1) is 10.9. The van der Waals surface area contributed by atoms with Gasteiger partial charge in [0.2, 0.25) is 0 Å². The van der Waals surface area contributed by atoms with Gasteiger partial charge >= 0.3 is 5.97 Å². The number of hydrogen-bond donors (Lipinski definition) is 0. The standard InChI is InChI=1S/C20H30O3/c1-18-8-4-9-19(2,17(22)23-3)15(18)7-10-20-11-13(14(21)12-20)5-6-16(18)20/h13,15-16H,4-12H2,1-3H3/t13-,15?,16?,18-,19-,20+/m1/s1. The third-order valence-corrected chi connectivity index (χ3v) is 8.53. The Kier molecular flexibility index (Phi) is 3.29. The number of ether oxygens (including phenoxy) is 1. The fraction of sp³-hybridized carbons (Fsp3) is 0.900. The summed E-state index contributed by atoms with van der Waals surface area (Å²) in [5.41, 5.74) is 0.136. The molecule has 0 aromatic heterocycles. The molecule has 4 fully saturated rings. The van der Waals surface area contributed by atoms with Gasteiger partial charge in [0.05, 0.1) is 12.5 Å². The molecule has 2 bridgehead atoms. The zero-order valence-electron chi connectivity index (χ0n) is 14.8. The Bertz CT molecular complexity index is 555. The molecule has 4 rings (SSSR count). The van der Waals surface area contributed by atoms with E-state index >= 15 is 0 Å². The average Bonchev–Trinajstić information content (AvgIpc) is 2.75. The summed E-state index contributed by atoms with van der Waals surface area (Å²) in [6.07, 6.45) is 9.77. The van der Waals surface area contributed by atoms with Crippen LogP contribution < -0.4 is 0 Å². The summed E-state index contributed by atoms with van der Waals surface area (Å²) in [5, 5.41) is 0. The van der Waals surface area contributed by atoms with Crippen molar-refractivity contribution in [2.24, 2.45) is 34.0 Å². The second-order valence-corrected chi connectivity index (χ2v) is 9.40. The molecule has 1 spiro atoms. The van der Waals surface area contributed by atoms with Crippen LogP contribution >= 0.6 is 0 Å². The van der Waals surface area contributed by atoms with Crippen LogP contribution in [0.3, 0.4) is 0 Å². The molecule has 3 nitrogen and oxygen atoms in total. The molecule has 0 aromatic rings. The Morgan fingerprint density at radius 2 is 1.87 bits per heavy atom. The van der Waals surface area contributed by atoms with Gasteiger partial charge in [-0.3, -0.25) is 9.59 Å². The van der Waals surface area contributed by atoms with Crippen molar-refractivity contribution in [2.45, 2.75) is 71.6 Å². The van der Waals surface area contributed by atoms with E-state index in [1.807, 2.05) is 0 Å². The molecule has 4 aliphatic rings. The molecule has 0 amide bonds. The highest BCUT2D eigenvalue weighted by atomic mass is 16.5. The molecule has 0 heterocycles. The molecular weight excluding hydrogens is 288 g/mol. The first kappa shape index (κ1) is 15.7. The maximum Gasteiger partial charge on any atom is 0.311 e. The summed E-state index contributed by atoms with van der Waals surface area (Å²) in [5.74, 6) is 1.91. The summed E-state index contributed by atoms with van der Waals surface area (Å²) < 4.78 is 5.21. The van der Waals surface area contributed by atoms with Gasteiger partial charge in [-0.05, 0) is 74.5 Å². The lowest BCUT2D eigenvalue weighted by Crippen LogP contribution is -2.58. The minimum Gasteiger partial charge on any atom is -0.469 e. The van der Waals surface area contributed by atoms with Gasteiger partial charge in [0.15, 0.2) is 0 Å². The first-order valence-electron chi connectivity index (χ1n) is 9.47. The van der Waals surface area contributed by atoms with Crippen LogP contribution in [0.15, 0.2) is 0 Å². The van der Waals surface area contributed by atoms with E-state index in [1.165, 1.54) is 20.0 Å². The molecule has 4 saturated carbocycles. The van der Waals surface area contributed by atoms with Crippen LogP contribution in [0.4, 0.5) is 0 Å². The minimum atomic E-state index is -0.331. The van der Waals surface area contributed by atoms with Crippen molar-refractivity contribution in [3.8, 4) is 0 Å². The van der Waals surface area contributed by atoms with Crippen molar-refractivity contribution in [1.82, 2.24) is 0 Å². The van der Waals surface area contributed by atoms with Crippen LogP contribution in [0.2, 0.25) is 0 Å². The second-order valence-electron chi connectivity index (χ2n) is 9.40. The molecular formula is C20H30O3. The number of Topliss-reactive ketones (excluding diaryl/α,β-unsaturated/α-hetero) is 1. The molecule has 0 saturated heterocycles. The Morgan fingerprint density at radius 1 is 1.09 bits per heavy atom. The number of carbonyl (C=O) groups excluding carboxylic acids is 2. The Morgan fingerprint density at radius 3 is 2.61 bits per heavy atom.